The highest BCUT2D eigenvalue weighted by Gasteiger charge is 2.72. The quantitative estimate of drug-likeness (QED) is 0.557. The number of hydrogen-bond donors (Lipinski definition) is 3. The summed E-state index contributed by atoms with van der Waals surface area (Å²) in [4.78, 5) is 0. The van der Waals surface area contributed by atoms with Crippen LogP contribution in [0.15, 0.2) is 30.3 Å². The molecule has 0 heterocycles. The summed E-state index contributed by atoms with van der Waals surface area (Å²) in [6.45, 7) is 0. The summed E-state index contributed by atoms with van der Waals surface area (Å²) in [6.07, 6.45) is -12.0. The van der Waals surface area contributed by atoms with E-state index in [1.54, 1.807) is 0 Å². The minimum atomic E-state index is -5.99. The second kappa shape index (κ2) is 4.67. The number of nitrogen functional groups attached to an aromatic ring is 2. The van der Waals surface area contributed by atoms with E-state index in [-0.39, 0.29) is 16.5 Å². The predicted octanol–water partition coefficient (Wildman–Crippen LogP) is 3.32. The largest absolute Gasteiger partial charge is 0.430 e. The highest BCUT2D eigenvalue weighted by Crippen LogP contribution is 2.52. The third kappa shape index (κ3) is 2.21. The number of hydrogen-bond acceptors (Lipinski definition) is 3. The molecule has 2 aromatic carbocycles. The Morgan fingerprint density at radius 3 is 1.86 bits per heavy atom. The molecule has 0 fully saturated rings. The van der Waals surface area contributed by atoms with Crippen LogP contribution in [0.1, 0.15) is 5.56 Å². The first-order chi connectivity index (χ1) is 9.89. The molecule has 2 aromatic rings. The van der Waals surface area contributed by atoms with Crippen molar-refractivity contribution in [2.45, 2.75) is 18.0 Å². The first-order valence-corrected chi connectivity index (χ1v) is 5.83. The summed E-state index contributed by atoms with van der Waals surface area (Å²) in [5.74, 6) is 0. The second-order valence-corrected chi connectivity index (χ2v) is 4.71. The van der Waals surface area contributed by atoms with Gasteiger partial charge in [-0.15, -0.1) is 0 Å². The van der Waals surface area contributed by atoms with Crippen molar-refractivity contribution in [3.63, 3.8) is 0 Å². The van der Waals surface area contributed by atoms with Crippen LogP contribution in [0, 0.1) is 0 Å². The fourth-order valence-corrected chi connectivity index (χ4v) is 2.15. The van der Waals surface area contributed by atoms with Gasteiger partial charge in [0.15, 0.2) is 0 Å². The van der Waals surface area contributed by atoms with Gasteiger partial charge >= 0.3 is 12.4 Å². The topological polar surface area (TPSA) is 72.3 Å². The summed E-state index contributed by atoms with van der Waals surface area (Å²) in [5, 5.41) is 9.59. The number of halogens is 6. The van der Waals surface area contributed by atoms with E-state index in [1.165, 1.54) is 18.2 Å². The van der Waals surface area contributed by atoms with Crippen LogP contribution >= 0.6 is 0 Å². The van der Waals surface area contributed by atoms with Crippen LogP contribution in [-0.4, -0.2) is 17.5 Å². The molecule has 0 saturated heterocycles. The Labute approximate surface area is 120 Å². The molecule has 0 aliphatic rings. The molecular weight excluding hydrogens is 314 g/mol. The molecule has 0 aliphatic heterocycles. The number of nitrogens with two attached hydrogens (primary N) is 2. The van der Waals surface area contributed by atoms with Gasteiger partial charge in [-0.05, 0) is 23.6 Å². The Hall–Kier alpha value is -2.16. The lowest BCUT2D eigenvalue weighted by Crippen LogP contribution is -2.54. The molecule has 120 valence electrons. The molecule has 0 bridgehead atoms. The molecule has 3 nitrogen and oxygen atoms in total. The van der Waals surface area contributed by atoms with Crippen LogP contribution in [0.3, 0.4) is 0 Å². The zero-order valence-corrected chi connectivity index (χ0v) is 10.8. The number of rotatable bonds is 1. The van der Waals surface area contributed by atoms with Crippen LogP contribution in [0.2, 0.25) is 0 Å². The summed E-state index contributed by atoms with van der Waals surface area (Å²) >= 11 is 0. The van der Waals surface area contributed by atoms with E-state index in [4.69, 9.17) is 11.5 Å². The average Bonchev–Trinajstić information content (AvgIpc) is 2.35. The molecule has 9 heteroatoms. The van der Waals surface area contributed by atoms with Gasteiger partial charge in [-0.3, -0.25) is 0 Å². The number of fused-ring (bicyclic) bond motifs is 1. The molecule has 0 unspecified atom stereocenters. The first-order valence-electron chi connectivity index (χ1n) is 5.83. The molecule has 22 heavy (non-hydrogen) atoms. The van der Waals surface area contributed by atoms with Gasteiger partial charge in [0.05, 0.1) is 0 Å². The lowest BCUT2D eigenvalue weighted by molar-refractivity contribution is -0.375. The van der Waals surface area contributed by atoms with E-state index in [0.29, 0.717) is 6.07 Å². The van der Waals surface area contributed by atoms with E-state index in [0.717, 1.165) is 6.07 Å². The maximum atomic E-state index is 12.9. The molecule has 2 rings (SSSR count). The standard InChI is InChI=1S/C13H10F6N2O/c14-12(15,16)11(22,13(17,18)19)8-4-6-2-1-3-9(20)7(6)5-10(8)21/h1-5,22H,20-21H2. The highest BCUT2D eigenvalue weighted by molar-refractivity contribution is 5.96. The van der Waals surface area contributed by atoms with Crippen LogP contribution in [0.5, 0.6) is 0 Å². The second-order valence-electron chi connectivity index (χ2n) is 4.71. The van der Waals surface area contributed by atoms with Crippen molar-refractivity contribution in [2.24, 2.45) is 0 Å². The van der Waals surface area contributed by atoms with Crippen LogP contribution < -0.4 is 11.5 Å². The molecule has 0 radical (unpaired) electrons. The van der Waals surface area contributed by atoms with Crippen molar-refractivity contribution in [3.8, 4) is 0 Å². The smallest absolute Gasteiger partial charge is 0.398 e. The van der Waals surface area contributed by atoms with Gasteiger partial charge in [0.25, 0.3) is 5.60 Å². The third-order valence-corrected chi connectivity index (χ3v) is 3.29. The zero-order chi connectivity index (χ0) is 16.9. The van der Waals surface area contributed by atoms with Gasteiger partial charge in [-0.2, -0.15) is 26.3 Å². The number of anilines is 2. The molecule has 0 aromatic heterocycles. The van der Waals surface area contributed by atoms with E-state index in [2.05, 4.69) is 0 Å². The fraction of sp³-hybridized carbons (Fsp3) is 0.231. The summed E-state index contributed by atoms with van der Waals surface area (Å²) < 4.78 is 77.4. The zero-order valence-electron chi connectivity index (χ0n) is 10.8. The van der Waals surface area contributed by atoms with Crippen molar-refractivity contribution in [1.82, 2.24) is 0 Å². The highest BCUT2D eigenvalue weighted by atomic mass is 19.4. The Balaban J connectivity index is 2.84. The Kier molecular flexibility index (Phi) is 3.44. The van der Waals surface area contributed by atoms with Crippen molar-refractivity contribution in [1.29, 1.82) is 0 Å². The number of aliphatic hydroxyl groups is 1. The van der Waals surface area contributed by atoms with Crippen molar-refractivity contribution in [3.05, 3.63) is 35.9 Å². The first kappa shape index (κ1) is 16.2. The van der Waals surface area contributed by atoms with Gasteiger partial charge in [0, 0.05) is 22.3 Å². The minimum Gasteiger partial charge on any atom is -0.398 e. The molecule has 5 N–H and O–H groups in total. The van der Waals surface area contributed by atoms with Gasteiger partial charge in [-0.25, -0.2) is 0 Å². The monoisotopic (exact) mass is 324 g/mol. The maximum Gasteiger partial charge on any atom is 0.430 e. The van der Waals surface area contributed by atoms with Crippen LogP contribution in [0.4, 0.5) is 37.7 Å². The minimum absolute atomic E-state index is 0.00359. The summed E-state index contributed by atoms with van der Waals surface area (Å²) in [6, 6.07) is 5.46. The Morgan fingerprint density at radius 1 is 0.818 bits per heavy atom. The van der Waals surface area contributed by atoms with Crippen molar-refractivity contribution < 1.29 is 31.4 Å². The average molecular weight is 324 g/mol. The normalized spacial score (nSPS) is 13.6. The van der Waals surface area contributed by atoms with Crippen LogP contribution in [-0.2, 0) is 5.60 Å². The lowest BCUT2D eigenvalue weighted by Gasteiger charge is -2.33. The van der Waals surface area contributed by atoms with E-state index >= 15 is 0 Å². The van der Waals surface area contributed by atoms with Gasteiger partial charge in [-0.1, -0.05) is 12.1 Å². The fourth-order valence-electron chi connectivity index (χ4n) is 2.15. The number of benzene rings is 2. The maximum absolute atomic E-state index is 12.9. The van der Waals surface area contributed by atoms with Gasteiger partial charge < -0.3 is 16.6 Å². The van der Waals surface area contributed by atoms with E-state index in [9.17, 15) is 31.4 Å². The Morgan fingerprint density at radius 2 is 1.36 bits per heavy atom. The van der Waals surface area contributed by atoms with E-state index < -0.39 is 29.2 Å². The van der Waals surface area contributed by atoms with Crippen molar-refractivity contribution >= 4 is 22.1 Å². The predicted molar refractivity (Wildman–Crippen MR) is 68.8 cm³/mol. The van der Waals surface area contributed by atoms with E-state index in [1.807, 2.05) is 0 Å². The Bertz CT molecular complexity index is 709. The SMILES string of the molecule is Nc1cc2c(N)cccc2cc1C(O)(C(F)(F)F)C(F)(F)F. The molecule has 0 atom stereocenters. The lowest BCUT2D eigenvalue weighted by atomic mass is 9.88. The third-order valence-electron chi connectivity index (χ3n) is 3.29. The molecule has 0 amide bonds. The summed E-state index contributed by atoms with van der Waals surface area (Å²) in [7, 11) is 0. The summed E-state index contributed by atoms with van der Waals surface area (Å²) in [5.41, 5.74) is 3.64. The van der Waals surface area contributed by atoms with Gasteiger partial charge in [0.2, 0.25) is 0 Å². The molecule has 0 saturated carbocycles. The molecule has 0 aliphatic carbocycles. The van der Waals surface area contributed by atoms with Crippen LogP contribution in [0.25, 0.3) is 10.8 Å². The van der Waals surface area contributed by atoms with Crippen molar-refractivity contribution in [2.75, 3.05) is 11.5 Å². The van der Waals surface area contributed by atoms with Gasteiger partial charge in [0.1, 0.15) is 0 Å². The number of alkyl halides is 6. The molecule has 0 spiro atoms. The molecular formula is C13H10F6N2O.